The van der Waals surface area contributed by atoms with Crippen LogP contribution in [0.1, 0.15) is 45.4 Å². The largest absolute Gasteiger partial charge is 0.330 e. The zero-order chi connectivity index (χ0) is 13.0. The van der Waals surface area contributed by atoms with Gasteiger partial charge in [-0.3, -0.25) is 0 Å². The molecule has 1 aliphatic rings. The Hall–Kier alpha value is 0.740. The first-order valence-electron chi connectivity index (χ1n) is 6.77. The van der Waals surface area contributed by atoms with Crippen molar-refractivity contribution in [3.63, 3.8) is 0 Å². The van der Waals surface area contributed by atoms with Gasteiger partial charge in [0.1, 0.15) is 0 Å². The second kappa shape index (κ2) is 6.95. The number of thiophene rings is 1. The molecule has 0 aliphatic heterocycles. The quantitative estimate of drug-likeness (QED) is 0.552. The van der Waals surface area contributed by atoms with E-state index in [1.807, 2.05) is 11.3 Å². The van der Waals surface area contributed by atoms with Gasteiger partial charge in [-0.15, -0.1) is 23.1 Å². The van der Waals surface area contributed by atoms with E-state index in [2.05, 4.69) is 52.7 Å². The molecule has 18 heavy (non-hydrogen) atoms. The predicted molar refractivity (Wildman–Crippen MR) is 91.5 cm³/mol. The minimum atomic E-state index is 0.336. The molecule has 1 fully saturated rings. The van der Waals surface area contributed by atoms with E-state index in [4.69, 9.17) is 5.73 Å². The van der Waals surface area contributed by atoms with Crippen molar-refractivity contribution in [1.29, 1.82) is 0 Å². The van der Waals surface area contributed by atoms with Gasteiger partial charge in [-0.25, -0.2) is 0 Å². The summed E-state index contributed by atoms with van der Waals surface area (Å²) < 4.78 is 3.16. The van der Waals surface area contributed by atoms with Crippen molar-refractivity contribution in [2.24, 2.45) is 11.7 Å². The molecule has 0 aromatic carbocycles. The number of hydrogen-bond acceptors (Lipinski definition) is 3. The highest BCUT2D eigenvalue weighted by Crippen LogP contribution is 2.48. The maximum Gasteiger partial charge on any atom is 0.0614 e. The van der Waals surface area contributed by atoms with Crippen LogP contribution in [0, 0.1) is 9.49 Å². The Bertz CT molecular complexity index is 374. The lowest BCUT2D eigenvalue weighted by Gasteiger charge is -2.39. The van der Waals surface area contributed by atoms with E-state index in [0.29, 0.717) is 4.75 Å². The van der Waals surface area contributed by atoms with Crippen LogP contribution in [0.15, 0.2) is 15.7 Å². The van der Waals surface area contributed by atoms with Gasteiger partial charge in [-0.2, -0.15) is 0 Å². The van der Waals surface area contributed by atoms with Gasteiger partial charge in [0.05, 0.1) is 4.21 Å². The Balaban J connectivity index is 2.09. The Morgan fingerprint density at radius 3 is 2.72 bits per heavy atom. The van der Waals surface area contributed by atoms with Gasteiger partial charge in [0.15, 0.2) is 0 Å². The molecular weight excluding hydrogens is 373 g/mol. The summed E-state index contributed by atoms with van der Waals surface area (Å²) in [6.07, 6.45) is 8.17. The number of nitrogens with two attached hydrogens (primary N) is 1. The monoisotopic (exact) mass is 395 g/mol. The molecule has 1 atom stereocenters. The van der Waals surface area contributed by atoms with Crippen LogP contribution in [0.4, 0.5) is 0 Å². The first-order valence-corrected chi connectivity index (χ1v) is 9.54. The molecular formula is C14H22INS2. The first kappa shape index (κ1) is 15.1. The minimum Gasteiger partial charge on any atom is -0.330 e. The third-order valence-electron chi connectivity index (χ3n) is 3.99. The fourth-order valence-electron chi connectivity index (χ4n) is 2.92. The standard InChI is InChI=1S/C14H22INS2/c1-14(7-8-16,11-5-3-2-4-6-11)18-13-9-12(15)10-17-13/h9-11H,2-8,16H2,1H3. The van der Waals surface area contributed by atoms with Crippen LogP contribution in [0.25, 0.3) is 0 Å². The minimum absolute atomic E-state index is 0.336. The van der Waals surface area contributed by atoms with Crippen molar-refractivity contribution in [2.75, 3.05) is 6.54 Å². The lowest BCUT2D eigenvalue weighted by molar-refractivity contribution is 0.282. The number of halogens is 1. The molecule has 2 rings (SSSR count). The highest BCUT2D eigenvalue weighted by molar-refractivity contribution is 14.1. The van der Waals surface area contributed by atoms with Crippen LogP contribution in [-0.2, 0) is 0 Å². The van der Waals surface area contributed by atoms with Crippen LogP contribution >= 0.6 is 45.7 Å². The average Bonchev–Trinajstić information content (AvgIpc) is 2.76. The highest BCUT2D eigenvalue weighted by atomic mass is 127. The Morgan fingerprint density at radius 2 is 2.17 bits per heavy atom. The predicted octanol–water partition coefficient (Wildman–Crippen LogP) is 5.13. The van der Waals surface area contributed by atoms with Gasteiger partial charge >= 0.3 is 0 Å². The van der Waals surface area contributed by atoms with Gasteiger partial charge in [-0.05, 0) is 67.3 Å². The molecule has 1 aromatic rings. The molecule has 0 bridgehead atoms. The van der Waals surface area contributed by atoms with Crippen LogP contribution in [0.5, 0.6) is 0 Å². The molecule has 1 aliphatic carbocycles. The molecule has 102 valence electrons. The van der Waals surface area contributed by atoms with Crippen molar-refractivity contribution < 1.29 is 0 Å². The molecule has 0 spiro atoms. The van der Waals surface area contributed by atoms with E-state index < -0.39 is 0 Å². The van der Waals surface area contributed by atoms with Crippen LogP contribution in [0.2, 0.25) is 0 Å². The number of rotatable bonds is 5. The number of hydrogen-bond donors (Lipinski definition) is 1. The maximum atomic E-state index is 5.87. The van der Waals surface area contributed by atoms with E-state index in [9.17, 15) is 0 Å². The van der Waals surface area contributed by atoms with E-state index in [0.717, 1.165) is 18.9 Å². The maximum absolute atomic E-state index is 5.87. The summed E-state index contributed by atoms with van der Waals surface area (Å²) in [5.41, 5.74) is 5.87. The van der Waals surface area contributed by atoms with Crippen LogP contribution < -0.4 is 5.73 Å². The fraction of sp³-hybridized carbons (Fsp3) is 0.714. The SMILES string of the molecule is CC(CCN)(Sc1cc(I)cs1)C1CCCCC1. The second-order valence-electron chi connectivity index (χ2n) is 5.37. The molecule has 1 heterocycles. The average molecular weight is 395 g/mol. The lowest BCUT2D eigenvalue weighted by atomic mass is 9.79. The van der Waals surface area contributed by atoms with Crippen molar-refractivity contribution >= 4 is 45.7 Å². The normalized spacial score (nSPS) is 20.8. The molecule has 1 saturated carbocycles. The van der Waals surface area contributed by atoms with Crippen LogP contribution in [-0.4, -0.2) is 11.3 Å². The summed E-state index contributed by atoms with van der Waals surface area (Å²) in [4.78, 5) is 0. The third-order valence-corrected chi connectivity index (χ3v) is 7.62. The van der Waals surface area contributed by atoms with E-state index in [-0.39, 0.29) is 0 Å². The molecule has 1 unspecified atom stereocenters. The molecule has 1 aromatic heterocycles. The summed E-state index contributed by atoms with van der Waals surface area (Å²) in [6, 6.07) is 2.31. The van der Waals surface area contributed by atoms with Crippen molar-refractivity contribution in [2.45, 2.75) is 54.4 Å². The molecule has 0 amide bonds. The topological polar surface area (TPSA) is 26.0 Å². The molecule has 2 N–H and O–H groups in total. The third kappa shape index (κ3) is 3.87. The molecule has 0 radical (unpaired) electrons. The lowest BCUT2D eigenvalue weighted by Crippen LogP contribution is -2.34. The zero-order valence-electron chi connectivity index (χ0n) is 11.0. The summed E-state index contributed by atoms with van der Waals surface area (Å²) in [7, 11) is 0. The van der Waals surface area contributed by atoms with Crippen molar-refractivity contribution in [1.82, 2.24) is 0 Å². The van der Waals surface area contributed by atoms with Gasteiger partial charge in [0.2, 0.25) is 0 Å². The van der Waals surface area contributed by atoms with E-state index in [1.54, 1.807) is 0 Å². The summed E-state index contributed by atoms with van der Waals surface area (Å²) in [5, 5.41) is 2.24. The molecule has 4 heteroatoms. The Morgan fingerprint density at radius 1 is 1.44 bits per heavy atom. The summed E-state index contributed by atoms with van der Waals surface area (Å²) in [5.74, 6) is 0.847. The Kier molecular flexibility index (Phi) is 5.85. The van der Waals surface area contributed by atoms with Gasteiger partial charge in [-0.1, -0.05) is 19.3 Å². The van der Waals surface area contributed by atoms with E-state index >= 15 is 0 Å². The van der Waals surface area contributed by atoms with Gasteiger partial charge < -0.3 is 5.73 Å². The molecule has 1 nitrogen and oxygen atoms in total. The zero-order valence-corrected chi connectivity index (χ0v) is 14.7. The highest BCUT2D eigenvalue weighted by Gasteiger charge is 2.35. The Labute approximate surface area is 132 Å². The first-order chi connectivity index (χ1) is 8.64. The van der Waals surface area contributed by atoms with E-state index in [1.165, 1.54) is 39.9 Å². The number of thioether (sulfide) groups is 1. The van der Waals surface area contributed by atoms with Gasteiger partial charge in [0.25, 0.3) is 0 Å². The second-order valence-corrected chi connectivity index (χ2v) is 9.36. The van der Waals surface area contributed by atoms with Crippen molar-refractivity contribution in [3.05, 3.63) is 15.0 Å². The fourth-order valence-corrected chi connectivity index (χ4v) is 6.70. The summed E-state index contributed by atoms with van der Waals surface area (Å²) in [6.45, 7) is 3.25. The van der Waals surface area contributed by atoms with Crippen LogP contribution in [0.3, 0.4) is 0 Å². The molecule has 0 saturated heterocycles. The van der Waals surface area contributed by atoms with Gasteiger partial charge in [0, 0.05) is 13.7 Å². The van der Waals surface area contributed by atoms with Crippen molar-refractivity contribution in [3.8, 4) is 0 Å². The summed E-state index contributed by atoms with van der Waals surface area (Å²) >= 11 is 6.36. The smallest absolute Gasteiger partial charge is 0.0614 e.